The van der Waals surface area contributed by atoms with E-state index < -0.39 is 11.7 Å². The molecular weight excluding hydrogens is 331 g/mol. The molecule has 0 fully saturated rings. The first-order valence-corrected chi connectivity index (χ1v) is 7.44. The normalized spacial score (nSPS) is 12.0. The molecule has 128 valence electrons. The molecular formula is C18H14F3N3O. The Morgan fingerprint density at radius 3 is 2.48 bits per heavy atom. The van der Waals surface area contributed by atoms with Gasteiger partial charge in [-0.1, -0.05) is 18.2 Å². The molecule has 0 saturated heterocycles. The first kappa shape index (κ1) is 16.8. The lowest BCUT2D eigenvalue weighted by molar-refractivity contribution is -0.137. The standard InChI is InChI=1S/C18H14F3N3O/c1-11(25)22-14-6-2-12(3-7-14)4-9-17-23-15-8-5-13(18(19,20)21)10-16(15)24-17/h2-10H,1H3,(H,22,25)(H,23,24)/b9-4+. The van der Waals surface area contributed by atoms with E-state index in [0.717, 1.165) is 17.7 Å². The molecule has 3 aromatic rings. The van der Waals surface area contributed by atoms with Crippen molar-refractivity contribution in [3.05, 3.63) is 59.4 Å². The minimum atomic E-state index is -4.38. The summed E-state index contributed by atoms with van der Waals surface area (Å²) < 4.78 is 38.2. The van der Waals surface area contributed by atoms with Crippen LogP contribution in [0.4, 0.5) is 18.9 Å². The van der Waals surface area contributed by atoms with Gasteiger partial charge in [-0.05, 0) is 42.0 Å². The second kappa shape index (κ2) is 6.43. The number of hydrogen-bond donors (Lipinski definition) is 2. The molecule has 0 spiro atoms. The number of rotatable bonds is 3. The van der Waals surface area contributed by atoms with Crippen LogP contribution >= 0.6 is 0 Å². The number of H-pyrrole nitrogens is 1. The Hall–Kier alpha value is -3.09. The van der Waals surface area contributed by atoms with Gasteiger partial charge in [-0.25, -0.2) is 4.98 Å². The van der Waals surface area contributed by atoms with E-state index >= 15 is 0 Å². The van der Waals surface area contributed by atoms with Gasteiger partial charge in [0.15, 0.2) is 0 Å². The average molecular weight is 345 g/mol. The summed E-state index contributed by atoms with van der Waals surface area (Å²) in [7, 11) is 0. The van der Waals surface area contributed by atoms with E-state index in [1.54, 1.807) is 24.3 Å². The zero-order valence-electron chi connectivity index (χ0n) is 13.2. The summed E-state index contributed by atoms with van der Waals surface area (Å²) >= 11 is 0. The van der Waals surface area contributed by atoms with Crippen molar-refractivity contribution in [3.63, 3.8) is 0 Å². The van der Waals surface area contributed by atoms with Crippen molar-refractivity contribution in [1.82, 2.24) is 9.97 Å². The second-order valence-corrected chi connectivity index (χ2v) is 5.49. The molecule has 1 heterocycles. The number of aromatic nitrogens is 2. The van der Waals surface area contributed by atoms with Crippen molar-refractivity contribution in [2.45, 2.75) is 13.1 Å². The monoisotopic (exact) mass is 345 g/mol. The molecule has 0 radical (unpaired) electrons. The maximum absolute atomic E-state index is 12.7. The highest BCUT2D eigenvalue weighted by Gasteiger charge is 2.30. The van der Waals surface area contributed by atoms with Crippen molar-refractivity contribution in [2.24, 2.45) is 0 Å². The largest absolute Gasteiger partial charge is 0.416 e. The van der Waals surface area contributed by atoms with Crippen molar-refractivity contribution in [3.8, 4) is 0 Å². The number of fused-ring (bicyclic) bond motifs is 1. The summed E-state index contributed by atoms with van der Waals surface area (Å²) in [5, 5.41) is 2.67. The molecule has 25 heavy (non-hydrogen) atoms. The Morgan fingerprint density at radius 1 is 1.12 bits per heavy atom. The van der Waals surface area contributed by atoms with E-state index in [1.165, 1.54) is 13.0 Å². The molecule has 3 rings (SSSR count). The minimum absolute atomic E-state index is 0.149. The summed E-state index contributed by atoms with van der Waals surface area (Å²) in [6.45, 7) is 1.43. The van der Waals surface area contributed by atoms with Crippen LogP contribution in [0.5, 0.6) is 0 Å². The van der Waals surface area contributed by atoms with Gasteiger partial charge in [-0.15, -0.1) is 0 Å². The first-order chi connectivity index (χ1) is 11.8. The zero-order chi connectivity index (χ0) is 18.0. The molecule has 0 aliphatic heterocycles. The highest BCUT2D eigenvalue weighted by Crippen LogP contribution is 2.30. The summed E-state index contributed by atoms with van der Waals surface area (Å²) in [4.78, 5) is 18.1. The van der Waals surface area contributed by atoms with Gasteiger partial charge in [0.05, 0.1) is 16.6 Å². The van der Waals surface area contributed by atoms with E-state index in [1.807, 2.05) is 12.1 Å². The van der Waals surface area contributed by atoms with Crippen LogP contribution in [0.15, 0.2) is 42.5 Å². The Labute approximate surface area is 141 Å². The fourth-order valence-corrected chi connectivity index (χ4v) is 2.34. The minimum Gasteiger partial charge on any atom is -0.338 e. The van der Waals surface area contributed by atoms with Crippen molar-refractivity contribution in [2.75, 3.05) is 5.32 Å². The number of amides is 1. The molecule has 0 saturated carbocycles. The highest BCUT2D eigenvalue weighted by atomic mass is 19.4. The lowest BCUT2D eigenvalue weighted by atomic mass is 10.2. The van der Waals surface area contributed by atoms with Gasteiger partial charge >= 0.3 is 6.18 Å². The molecule has 4 nitrogen and oxygen atoms in total. The summed E-state index contributed by atoms with van der Waals surface area (Å²) in [6, 6.07) is 10.5. The molecule has 2 N–H and O–H groups in total. The number of anilines is 1. The fourth-order valence-electron chi connectivity index (χ4n) is 2.34. The maximum Gasteiger partial charge on any atom is 0.416 e. The van der Waals surface area contributed by atoms with Gasteiger partial charge in [0.2, 0.25) is 5.91 Å². The number of hydrogen-bond acceptors (Lipinski definition) is 2. The van der Waals surface area contributed by atoms with Crippen LogP contribution in [0.3, 0.4) is 0 Å². The number of carbonyl (C=O) groups is 1. The van der Waals surface area contributed by atoms with Crippen LogP contribution < -0.4 is 5.32 Å². The van der Waals surface area contributed by atoms with Crippen LogP contribution in [0.1, 0.15) is 23.9 Å². The highest BCUT2D eigenvalue weighted by molar-refractivity contribution is 5.88. The van der Waals surface area contributed by atoms with E-state index in [0.29, 0.717) is 22.5 Å². The van der Waals surface area contributed by atoms with E-state index in [4.69, 9.17) is 0 Å². The fraction of sp³-hybridized carbons (Fsp3) is 0.111. The quantitative estimate of drug-likeness (QED) is 0.722. The lowest BCUT2D eigenvalue weighted by Gasteiger charge is -2.05. The Morgan fingerprint density at radius 2 is 1.84 bits per heavy atom. The number of imidazole rings is 1. The summed E-state index contributed by atoms with van der Waals surface area (Å²) in [6.07, 6.45) is -0.925. The molecule has 0 aliphatic carbocycles. The van der Waals surface area contributed by atoms with Gasteiger partial charge in [0, 0.05) is 12.6 Å². The summed E-state index contributed by atoms with van der Waals surface area (Å²) in [5.41, 5.74) is 1.63. The predicted octanol–water partition coefficient (Wildman–Crippen LogP) is 4.71. The molecule has 0 bridgehead atoms. The van der Waals surface area contributed by atoms with E-state index in [9.17, 15) is 18.0 Å². The Balaban J connectivity index is 1.80. The van der Waals surface area contributed by atoms with Crippen molar-refractivity contribution < 1.29 is 18.0 Å². The van der Waals surface area contributed by atoms with Gasteiger partial charge in [-0.2, -0.15) is 13.2 Å². The van der Waals surface area contributed by atoms with Gasteiger partial charge in [0.1, 0.15) is 5.82 Å². The van der Waals surface area contributed by atoms with Crippen LogP contribution in [-0.4, -0.2) is 15.9 Å². The number of alkyl halides is 3. The predicted molar refractivity (Wildman–Crippen MR) is 90.8 cm³/mol. The first-order valence-electron chi connectivity index (χ1n) is 7.44. The third kappa shape index (κ3) is 4.06. The van der Waals surface area contributed by atoms with Gasteiger partial charge in [-0.3, -0.25) is 4.79 Å². The second-order valence-electron chi connectivity index (χ2n) is 5.49. The molecule has 0 unspecified atom stereocenters. The van der Waals surface area contributed by atoms with Crippen LogP contribution in [0, 0.1) is 0 Å². The van der Waals surface area contributed by atoms with Crippen LogP contribution in [0.2, 0.25) is 0 Å². The van der Waals surface area contributed by atoms with Gasteiger partial charge in [0.25, 0.3) is 0 Å². The zero-order valence-corrected chi connectivity index (χ0v) is 13.2. The molecule has 1 amide bonds. The lowest BCUT2D eigenvalue weighted by Crippen LogP contribution is -2.05. The van der Waals surface area contributed by atoms with Crippen LogP contribution in [0.25, 0.3) is 23.2 Å². The Bertz CT molecular complexity index is 940. The van der Waals surface area contributed by atoms with E-state index in [2.05, 4.69) is 15.3 Å². The Kier molecular flexibility index (Phi) is 4.31. The van der Waals surface area contributed by atoms with Crippen LogP contribution in [-0.2, 0) is 11.0 Å². The molecule has 0 aliphatic rings. The SMILES string of the molecule is CC(=O)Nc1ccc(/C=C/c2nc3ccc(C(F)(F)F)cc3[nH]2)cc1. The third-order valence-corrected chi connectivity index (χ3v) is 3.49. The average Bonchev–Trinajstić information content (AvgIpc) is 2.95. The molecule has 1 aromatic heterocycles. The van der Waals surface area contributed by atoms with E-state index in [-0.39, 0.29) is 5.91 Å². The number of carbonyl (C=O) groups excluding carboxylic acids is 1. The molecule has 7 heteroatoms. The van der Waals surface area contributed by atoms with Crippen molar-refractivity contribution >= 4 is 34.8 Å². The molecule has 2 aromatic carbocycles. The summed E-state index contributed by atoms with van der Waals surface area (Å²) in [5.74, 6) is 0.309. The number of nitrogens with zero attached hydrogens (tertiary/aromatic N) is 1. The number of benzene rings is 2. The topological polar surface area (TPSA) is 57.8 Å². The number of halogens is 3. The molecule has 0 atom stereocenters. The third-order valence-electron chi connectivity index (χ3n) is 3.49. The maximum atomic E-state index is 12.7. The van der Waals surface area contributed by atoms with Crippen molar-refractivity contribution in [1.29, 1.82) is 0 Å². The van der Waals surface area contributed by atoms with Gasteiger partial charge < -0.3 is 10.3 Å². The smallest absolute Gasteiger partial charge is 0.338 e. The number of nitrogens with one attached hydrogen (secondary N) is 2. The number of aromatic amines is 1.